The van der Waals surface area contributed by atoms with Gasteiger partial charge in [0.1, 0.15) is 0 Å². The van der Waals surface area contributed by atoms with Crippen LogP contribution in [0.15, 0.2) is 29.4 Å². The van der Waals surface area contributed by atoms with Crippen molar-refractivity contribution in [2.45, 2.75) is 0 Å². The number of hydrogen-bond donors (Lipinski definition) is 1. The maximum absolute atomic E-state index is 3.77. The lowest BCUT2D eigenvalue weighted by Crippen LogP contribution is -1.89. The molecule has 0 atom stereocenters. The fourth-order valence-electron chi connectivity index (χ4n) is 0.352. The average Bonchev–Trinajstić information content (AvgIpc) is 1.89. The van der Waals surface area contributed by atoms with Crippen LogP contribution in [0, 0.1) is 0 Å². The Balaban J connectivity index is 3.35. The van der Waals surface area contributed by atoms with Crippen molar-refractivity contribution in [3.63, 3.8) is 0 Å². The van der Waals surface area contributed by atoms with Crippen LogP contribution in [0.5, 0.6) is 0 Å². The molecular formula is C7H12N2. The van der Waals surface area contributed by atoms with E-state index in [4.69, 9.17) is 0 Å². The minimum Gasteiger partial charge on any atom is -0.394 e. The van der Waals surface area contributed by atoms with E-state index >= 15 is 0 Å². The molecule has 50 valence electrons. The molecule has 0 rings (SSSR count). The molecule has 2 nitrogen and oxygen atoms in total. The summed E-state index contributed by atoms with van der Waals surface area (Å²) in [5.41, 5.74) is 0. The highest BCUT2D eigenvalue weighted by atomic mass is 14.8. The van der Waals surface area contributed by atoms with Crippen LogP contribution in [0.1, 0.15) is 0 Å². The van der Waals surface area contributed by atoms with E-state index in [1.54, 1.807) is 13.3 Å². The van der Waals surface area contributed by atoms with Crippen LogP contribution < -0.4 is 5.32 Å². The smallest absolute Gasteiger partial charge is 0.0277 e. The summed E-state index contributed by atoms with van der Waals surface area (Å²) < 4.78 is 0. The maximum Gasteiger partial charge on any atom is 0.0277 e. The molecule has 0 aliphatic heterocycles. The van der Waals surface area contributed by atoms with Gasteiger partial charge in [-0.1, -0.05) is 6.08 Å². The molecule has 0 saturated carbocycles. The lowest BCUT2D eigenvalue weighted by Gasteiger charge is -1.78. The Hall–Kier alpha value is -1.05. The molecule has 0 spiro atoms. The molecule has 0 heterocycles. The van der Waals surface area contributed by atoms with Crippen molar-refractivity contribution in [1.29, 1.82) is 0 Å². The average molecular weight is 124 g/mol. The van der Waals surface area contributed by atoms with Gasteiger partial charge in [-0.25, -0.2) is 0 Å². The van der Waals surface area contributed by atoms with E-state index in [9.17, 15) is 0 Å². The number of aliphatic imine (C=N–C) groups is 1. The van der Waals surface area contributed by atoms with E-state index in [1.807, 2.05) is 31.5 Å². The highest BCUT2D eigenvalue weighted by Crippen LogP contribution is 1.70. The van der Waals surface area contributed by atoms with Crippen LogP contribution in [0.4, 0.5) is 0 Å². The van der Waals surface area contributed by atoms with Gasteiger partial charge < -0.3 is 5.32 Å². The first-order chi connectivity index (χ1) is 4.41. The van der Waals surface area contributed by atoms with Crippen molar-refractivity contribution in [3.05, 3.63) is 24.4 Å². The summed E-state index contributed by atoms with van der Waals surface area (Å²) in [7, 11) is 3.60. The Labute approximate surface area is 56.0 Å². The SMILES string of the molecule is CN=C/C=C/C=C/NC. The van der Waals surface area contributed by atoms with Crippen LogP contribution >= 0.6 is 0 Å². The monoisotopic (exact) mass is 124 g/mol. The minimum atomic E-state index is 1.74. The van der Waals surface area contributed by atoms with E-state index in [1.165, 1.54) is 0 Å². The molecule has 0 aliphatic rings. The van der Waals surface area contributed by atoms with Gasteiger partial charge in [0.15, 0.2) is 0 Å². The van der Waals surface area contributed by atoms with E-state index in [0.29, 0.717) is 0 Å². The third-order valence-corrected chi connectivity index (χ3v) is 0.720. The summed E-state index contributed by atoms with van der Waals surface area (Å²) in [6.07, 6.45) is 9.26. The van der Waals surface area contributed by atoms with Crippen LogP contribution in [0.2, 0.25) is 0 Å². The first-order valence-electron chi connectivity index (χ1n) is 2.83. The third kappa shape index (κ3) is 6.95. The predicted molar refractivity (Wildman–Crippen MR) is 41.8 cm³/mol. The summed E-state index contributed by atoms with van der Waals surface area (Å²) in [6.45, 7) is 0. The van der Waals surface area contributed by atoms with Gasteiger partial charge in [-0.3, -0.25) is 4.99 Å². The largest absolute Gasteiger partial charge is 0.394 e. The zero-order chi connectivity index (χ0) is 6.95. The van der Waals surface area contributed by atoms with Gasteiger partial charge in [0.2, 0.25) is 0 Å². The van der Waals surface area contributed by atoms with Crippen molar-refractivity contribution in [2.24, 2.45) is 4.99 Å². The Bertz CT molecular complexity index is 123. The standard InChI is InChI=1S/C7H12N2/c1-8-6-4-3-5-7-9-2/h3-8H,1-2H3/b5-3+,6-4+,9-7?. The highest BCUT2D eigenvalue weighted by molar-refractivity contribution is 5.71. The number of hydrogen-bond acceptors (Lipinski definition) is 2. The molecule has 0 aliphatic carbocycles. The number of rotatable bonds is 3. The maximum atomic E-state index is 3.77. The van der Waals surface area contributed by atoms with Gasteiger partial charge in [-0.05, 0) is 18.4 Å². The summed E-state index contributed by atoms with van der Waals surface area (Å²) in [4.78, 5) is 3.77. The van der Waals surface area contributed by atoms with Crippen LogP contribution in [-0.2, 0) is 0 Å². The van der Waals surface area contributed by atoms with E-state index in [-0.39, 0.29) is 0 Å². The first-order valence-corrected chi connectivity index (χ1v) is 2.83. The van der Waals surface area contributed by atoms with E-state index < -0.39 is 0 Å². The fraction of sp³-hybridized carbons (Fsp3) is 0.286. The van der Waals surface area contributed by atoms with Gasteiger partial charge in [0.25, 0.3) is 0 Å². The molecule has 0 bridgehead atoms. The van der Waals surface area contributed by atoms with Gasteiger partial charge in [0, 0.05) is 20.3 Å². The summed E-state index contributed by atoms with van der Waals surface area (Å²) >= 11 is 0. The lowest BCUT2D eigenvalue weighted by atomic mass is 10.5. The third-order valence-electron chi connectivity index (χ3n) is 0.720. The quantitative estimate of drug-likeness (QED) is 0.440. The topological polar surface area (TPSA) is 24.4 Å². The second-order valence-corrected chi connectivity index (χ2v) is 1.44. The van der Waals surface area contributed by atoms with Crippen LogP contribution in [0.25, 0.3) is 0 Å². The predicted octanol–water partition coefficient (Wildman–Crippen LogP) is 0.976. The summed E-state index contributed by atoms with van der Waals surface area (Å²) in [5.74, 6) is 0. The summed E-state index contributed by atoms with van der Waals surface area (Å²) in [6, 6.07) is 0. The first kappa shape index (κ1) is 7.95. The molecule has 0 amide bonds. The molecule has 0 aromatic carbocycles. The van der Waals surface area contributed by atoms with Crippen LogP contribution in [-0.4, -0.2) is 20.3 Å². The Kier molecular flexibility index (Phi) is 6.14. The van der Waals surface area contributed by atoms with Gasteiger partial charge in [0.05, 0.1) is 0 Å². The van der Waals surface area contributed by atoms with Crippen molar-refractivity contribution < 1.29 is 0 Å². The molecular weight excluding hydrogens is 112 g/mol. The van der Waals surface area contributed by atoms with Gasteiger partial charge >= 0.3 is 0 Å². The molecule has 0 aromatic rings. The zero-order valence-electron chi connectivity index (χ0n) is 5.83. The van der Waals surface area contributed by atoms with Gasteiger partial charge in [-0.15, -0.1) is 0 Å². The molecule has 0 unspecified atom stereocenters. The van der Waals surface area contributed by atoms with Crippen LogP contribution in [0.3, 0.4) is 0 Å². The van der Waals surface area contributed by atoms with E-state index in [2.05, 4.69) is 10.3 Å². The fourth-order valence-corrected chi connectivity index (χ4v) is 0.352. The highest BCUT2D eigenvalue weighted by Gasteiger charge is 1.58. The molecule has 1 N–H and O–H groups in total. The lowest BCUT2D eigenvalue weighted by molar-refractivity contribution is 1.10. The molecule has 0 aromatic heterocycles. The second-order valence-electron chi connectivity index (χ2n) is 1.44. The summed E-state index contributed by atoms with van der Waals surface area (Å²) in [5, 5.41) is 2.87. The van der Waals surface area contributed by atoms with Gasteiger partial charge in [-0.2, -0.15) is 0 Å². The molecule has 2 heteroatoms. The van der Waals surface area contributed by atoms with Crippen molar-refractivity contribution in [2.75, 3.05) is 14.1 Å². The Morgan fingerprint density at radius 1 is 1.22 bits per heavy atom. The zero-order valence-corrected chi connectivity index (χ0v) is 5.83. The Morgan fingerprint density at radius 2 is 2.00 bits per heavy atom. The Morgan fingerprint density at radius 3 is 2.56 bits per heavy atom. The molecule has 0 fully saturated rings. The molecule has 0 radical (unpaired) electrons. The normalized spacial score (nSPS) is 12.2. The molecule has 9 heavy (non-hydrogen) atoms. The second kappa shape index (κ2) is 6.95. The van der Waals surface area contributed by atoms with E-state index in [0.717, 1.165) is 0 Å². The number of nitrogens with zero attached hydrogens (tertiary/aromatic N) is 1. The van der Waals surface area contributed by atoms with Crippen molar-refractivity contribution >= 4 is 6.21 Å². The molecule has 0 saturated heterocycles. The number of nitrogens with one attached hydrogen (secondary N) is 1. The number of allylic oxidation sites excluding steroid dienone is 3. The van der Waals surface area contributed by atoms with Crippen molar-refractivity contribution in [3.8, 4) is 0 Å². The minimum absolute atomic E-state index is 1.74. The van der Waals surface area contributed by atoms with Crippen molar-refractivity contribution in [1.82, 2.24) is 5.32 Å².